The third-order valence-electron chi connectivity index (χ3n) is 5.84. The van der Waals surface area contributed by atoms with Crippen LogP contribution in [0.25, 0.3) is 0 Å². The van der Waals surface area contributed by atoms with Crippen molar-refractivity contribution >= 4 is 17.8 Å². The molecule has 8 nitrogen and oxygen atoms in total. The van der Waals surface area contributed by atoms with Gasteiger partial charge >= 0.3 is 6.03 Å². The number of aromatic nitrogens is 1. The van der Waals surface area contributed by atoms with Crippen LogP contribution >= 0.6 is 0 Å². The molecule has 2 saturated heterocycles. The fourth-order valence-corrected chi connectivity index (χ4v) is 4.18. The van der Waals surface area contributed by atoms with Gasteiger partial charge in [-0.2, -0.15) is 5.26 Å². The number of aromatic amines is 1. The molecule has 1 N–H and O–H groups in total. The highest BCUT2D eigenvalue weighted by Gasteiger charge is 2.57. The zero-order valence-corrected chi connectivity index (χ0v) is 16.1. The van der Waals surface area contributed by atoms with Gasteiger partial charge < -0.3 is 14.8 Å². The van der Waals surface area contributed by atoms with Crippen LogP contribution in [0.1, 0.15) is 34.5 Å². The first-order chi connectivity index (χ1) is 14.0. The van der Waals surface area contributed by atoms with Crippen LogP contribution < -0.4 is 0 Å². The highest BCUT2D eigenvalue weighted by molar-refractivity contribution is 6.07. The van der Waals surface area contributed by atoms with Crippen LogP contribution in [0.15, 0.2) is 42.6 Å². The Morgan fingerprint density at radius 1 is 1.21 bits per heavy atom. The van der Waals surface area contributed by atoms with Gasteiger partial charge in [0.2, 0.25) is 0 Å². The molecule has 0 radical (unpaired) electrons. The minimum Gasteiger partial charge on any atom is -0.356 e. The number of nitriles is 1. The number of H-pyrrole nitrogens is 1. The van der Waals surface area contributed by atoms with E-state index in [1.807, 2.05) is 36.4 Å². The monoisotopic (exact) mass is 391 g/mol. The quantitative estimate of drug-likeness (QED) is 0.808. The van der Waals surface area contributed by atoms with Crippen molar-refractivity contribution in [2.75, 3.05) is 20.1 Å². The van der Waals surface area contributed by atoms with Gasteiger partial charge in [0.15, 0.2) is 0 Å². The maximum absolute atomic E-state index is 13.0. The largest absolute Gasteiger partial charge is 0.356 e. The van der Waals surface area contributed by atoms with Crippen molar-refractivity contribution < 1.29 is 14.4 Å². The SMILES string of the molecule is CN1C(=O)N(Cc2ccccc2)C2(CCN(C(=O)c3cc(C#N)c[nH]3)CC2)C1=O. The third kappa shape index (κ3) is 3.05. The van der Waals surface area contributed by atoms with Gasteiger partial charge in [-0.15, -0.1) is 0 Å². The number of carbonyl (C=O) groups is 3. The standard InChI is InChI=1S/C21H21N5O3/c1-24-19(28)21(26(20(24)29)14-15-5-3-2-4-6-15)7-9-25(10-8-21)18(27)17-11-16(12-22)13-23-17/h2-6,11,13,23H,7-10,14H2,1H3. The molecule has 2 aromatic rings. The van der Waals surface area contributed by atoms with Gasteiger partial charge in [-0.05, 0) is 24.5 Å². The molecule has 8 heteroatoms. The first-order valence-corrected chi connectivity index (χ1v) is 9.48. The number of amides is 4. The van der Waals surface area contributed by atoms with Gasteiger partial charge in [0, 0.05) is 32.9 Å². The number of hydrogen-bond acceptors (Lipinski definition) is 4. The predicted octanol–water partition coefficient (Wildman–Crippen LogP) is 1.96. The summed E-state index contributed by atoms with van der Waals surface area (Å²) < 4.78 is 0. The molecule has 0 atom stereocenters. The van der Waals surface area contributed by atoms with Gasteiger partial charge in [0.1, 0.15) is 17.3 Å². The van der Waals surface area contributed by atoms with Crippen molar-refractivity contribution in [3.05, 3.63) is 59.4 Å². The highest BCUT2D eigenvalue weighted by Crippen LogP contribution is 2.38. The average molecular weight is 391 g/mol. The Morgan fingerprint density at radius 2 is 1.90 bits per heavy atom. The van der Waals surface area contributed by atoms with Crippen molar-refractivity contribution in [3.8, 4) is 6.07 Å². The van der Waals surface area contributed by atoms with Crippen molar-refractivity contribution in [1.82, 2.24) is 19.7 Å². The molecule has 4 amide bonds. The summed E-state index contributed by atoms with van der Waals surface area (Å²) in [5.41, 5.74) is 0.780. The average Bonchev–Trinajstić information content (AvgIpc) is 3.30. The van der Waals surface area contributed by atoms with Gasteiger partial charge in [-0.3, -0.25) is 14.5 Å². The lowest BCUT2D eigenvalue weighted by Gasteiger charge is -2.42. The maximum Gasteiger partial charge on any atom is 0.327 e. The molecule has 29 heavy (non-hydrogen) atoms. The number of likely N-dealkylation sites (tertiary alicyclic amines) is 1. The number of benzene rings is 1. The van der Waals surface area contributed by atoms with Gasteiger partial charge in [0.25, 0.3) is 11.8 Å². The maximum atomic E-state index is 13.0. The lowest BCUT2D eigenvalue weighted by atomic mass is 9.85. The molecule has 0 unspecified atom stereocenters. The molecule has 2 aliphatic rings. The smallest absolute Gasteiger partial charge is 0.327 e. The van der Waals surface area contributed by atoms with Gasteiger partial charge in [0.05, 0.1) is 5.56 Å². The molecule has 0 aliphatic carbocycles. The van der Waals surface area contributed by atoms with Crippen LogP contribution in [0.5, 0.6) is 0 Å². The molecule has 4 rings (SSSR count). The topological polar surface area (TPSA) is 101 Å². The first kappa shape index (κ1) is 18.7. The van der Waals surface area contributed by atoms with Gasteiger partial charge in [-0.1, -0.05) is 30.3 Å². The third-order valence-corrected chi connectivity index (χ3v) is 5.84. The lowest BCUT2D eigenvalue weighted by Crippen LogP contribution is -2.57. The summed E-state index contributed by atoms with van der Waals surface area (Å²) >= 11 is 0. The number of piperidine rings is 1. The minimum atomic E-state index is -0.925. The Hall–Kier alpha value is -3.60. The van der Waals surface area contributed by atoms with E-state index in [1.54, 1.807) is 9.80 Å². The first-order valence-electron chi connectivity index (χ1n) is 9.48. The van der Waals surface area contributed by atoms with E-state index in [2.05, 4.69) is 4.98 Å². The minimum absolute atomic E-state index is 0.207. The number of nitrogens with zero attached hydrogens (tertiary/aromatic N) is 4. The Morgan fingerprint density at radius 3 is 2.52 bits per heavy atom. The molecule has 148 valence electrons. The van der Waals surface area contributed by atoms with E-state index >= 15 is 0 Å². The van der Waals surface area contributed by atoms with Crippen molar-refractivity contribution in [3.63, 3.8) is 0 Å². The predicted molar refractivity (Wildman–Crippen MR) is 104 cm³/mol. The molecule has 1 aromatic heterocycles. The van der Waals surface area contributed by atoms with Crippen LogP contribution in [0.4, 0.5) is 4.79 Å². The molecule has 2 fully saturated rings. The number of hydrogen-bond donors (Lipinski definition) is 1. The van der Waals surface area contributed by atoms with E-state index in [1.165, 1.54) is 24.2 Å². The second-order valence-electron chi connectivity index (χ2n) is 7.46. The number of carbonyl (C=O) groups excluding carboxylic acids is 3. The summed E-state index contributed by atoms with van der Waals surface area (Å²) in [6, 6.07) is 12.8. The lowest BCUT2D eigenvalue weighted by molar-refractivity contribution is -0.134. The number of likely N-dealkylation sites (N-methyl/N-ethyl adjacent to an activating group) is 1. The van der Waals surface area contributed by atoms with E-state index < -0.39 is 5.54 Å². The number of urea groups is 1. The van der Waals surface area contributed by atoms with Crippen LogP contribution in [0.2, 0.25) is 0 Å². The normalized spacial score (nSPS) is 18.4. The fraction of sp³-hybridized carbons (Fsp3) is 0.333. The van der Waals surface area contributed by atoms with E-state index in [0.717, 1.165) is 5.56 Å². The second-order valence-corrected chi connectivity index (χ2v) is 7.46. The van der Waals surface area contributed by atoms with E-state index in [-0.39, 0.29) is 17.8 Å². The number of rotatable bonds is 3. The summed E-state index contributed by atoms with van der Waals surface area (Å²) in [6.45, 7) is 1.07. The van der Waals surface area contributed by atoms with Crippen molar-refractivity contribution in [2.24, 2.45) is 0 Å². The molecule has 0 bridgehead atoms. The zero-order valence-electron chi connectivity index (χ0n) is 16.1. The van der Waals surface area contributed by atoms with Crippen LogP contribution in [-0.4, -0.2) is 63.2 Å². The van der Waals surface area contributed by atoms with Gasteiger partial charge in [-0.25, -0.2) is 4.79 Å². The fourth-order valence-electron chi connectivity index (χ4n) is 4.18. The van der Waals surface area contributed by atoms with E-state index in [9.17, 15) is 14.4 Å². The summed E-state index contributed by atoms with van der Waals surface area (Å²) in [4.78, 5) is 45.8. The van der Waals surface area contributed by atoms with E-state index in [4.69, 9.17) is 5.26 Å². The Balaban J connectivity index is 1.54. The summed E-state index contributed by atoms with van der Waals surface area (Å²) in [7, 11) is 1.51. The highest BCUT2D eigenvalue weighted by atomic mass is 16.2. The summed E-state index contributed by atoms with van der Waals surface area (Å²) in [5.74, 6) is -0.418. The Bertz CT molecular complexity index is 999. The molecule has 1 aromatic carbocycles. The van der Waals surface area contributed by atoms with E-state index in [0.29, 0.717) is 43.7 Å². The molecule has 3 heterocycles. The summed E-state index contributed by atoms with van der Waals surface area (Å²) in [6.07, 6.45) is 2.26. The molecule has 2 aliphatic heterocycles. The van der Waals surface area contributed by atoms with Crippen molar-refractivity contribution in [1.29, 1.82) is 5.26 Å². The van der Waals surface area contributed by atoms with Crippen molar-refractivity contribution in [2.45, 2.75) is 24.9 Å². The van der Waals surface area contributed by atoms with Crippen LogP contribution in [-0.2, 0) is 11.3 Å². The second kappa shape index (κ2) is 7.09. The Kier molecular flexibility index (Phi) is 4.59. The Labute approximate surface area is 168 Å². The zero-order chi connectivity index (χ0) is 20.6. The molecule has 0 saturated carbocycles. The number of imide groups is 1. The molecular formula is C21H21N5O3. The molecular weight excluding hydrogens is 370 g/mol. The van der Waals surface area contributed by atoms with Crippen LogP contribution in [0, 0.1) is 11.3 Å². The van der Waals surface area contributed by atoms with Crippen LogP contribution in [0.3, 0.4) is 0 Å². The number of nitrogens with one attached hydrogen (secondary N) is 1. The molecule has 1 spiro atoms. The summed E-state index contributed by atoms with van der Waals surface area (Å²) in [5, 5.41) is 8.94.